The van der Waals surface area contributed by atoms with E-state index in [-0.39, 0.29) is 5.56 Å². The fourth-order valence-electron chi connectivity index (χ4n) is 2.60. The number of aliphatic hydroxyl groups is 1. The Morgan fingerprint density at radius 1 is 1.32 bits per heavy atom. The summed E-state index contributed by atoms with van der Waals surface area (Å²) in [6.07, 6.45) is 1.25. The van der Waals surface area contributed by atoms with Gasteiger partial charge in [-0.3, -0.25) is 0 Å². The first kappa shape index (κ1) is 16.1. The molecule has 1 fully saturated rings. The van der Waals surface area contributed by atoms with Crippen molar-refractivity contribution in [2.24, 2.45) is 10.8 Å². The number of nitrogens with zero attached hydrogens (tertiary/aromatic N) is 1. The topological polar surface area (TPSA) is 81.3 Å². The van der Waals surface area contributed by atoms with E-state index in [0.717, 1.165) is 0 Å². The van der Waals surface area contributed by atoms with Crippen LogP contribution in [0.5, 0.6) is 0 Å². The molecule has 2 rings (SSSR count). The molecule has 0 spiro atoms. The van der Waals surface area contributed by atoms with Crippen molar-refractivity contribution in [1.82, 2.24) is 0 Å². The highest BCUT2D eigenvalue weighted by Gasteiger charge is 2.64. The van der Waals surface area contributed by atoms with Gasteiger partial charge in [-0.15, -0.1) is 0 Å². The summed E-state index contributed by atoms with van der Waals surface area (Å²) in [7, 11) is 0. The Labute approximate surface area is 130 Å². The molecule has 4 nitrogen and oxygen atoms in total. The zero-order valence-electron chi connectivity index (χ0n) is 13.0. The molecule has 1 aliphatic rings. The van der Waals surface area contributed by atoms with Crippen molar-refractivity contribution >= 4 is 5.97 Å². The van der Waals surface area contributed by atoms with Gasteiger partial charge in [-0.25, -0.2) is 4.79 Å². The summed E-state index contributed by atoms with van der Waals surface area (Å²) < 4.78 is 0. The molecule has 0 radical (unpaired) electrons. The molecule has 1 aromatic rings. The van der Waals surface area contributed by atoms with Crippen LogP contribution >= 0.6 is 0 Å². The van der Waals surface area contributed by atoms with Gasteiger partial charge in [0.25, 0.3) is 0 Å². The number of carbonyl (C=O) groups is 1. The standard InChI is InChI=1S/C18H19NO3/c1-16(2,3)18(22,17(12-19)9-10-17)8-7-13-5-4-6-14(11-13)15(20)21/h4-6,11,22H,9-10H2,1-3H3,(H,20,21)/t18-/m0/s1. The lowest BCUT2D eigenvalue weighted by Crippen LogP contribution is -2.49. The van der Waals surface area contributed by atoms with Crippen molar-refractivity contribution in [2.45, 2.75) is 39.2 Å². The summed E-state index contributed by atoms with van der Waals surface area (Å²) >= 11 is 0. The van der Waals surface area contributed by atoms with Gasteiger partial charge in [-0.1, -0.05) is 38.7 Å². The molecule has 1 saturated carbocycles. The van der Waals surface area contributed by atoms with Crippen molar-refractivity contribution < 1.29 is 15.0 Å². The lowest BCUT2D eigenvalue weighted by atomic mass is 9.67. The molecule has 22 heavy (non-hydrogen) atoms. The highest BCUT2D eigenvalue weighted by atomic mass is 16.4. The first-order valence-electron chi connectivity index (χ1n) is 7.15. The minimum Gasteiger partial charge on any atom is -0.478 e. The van der Waals surface area contributed by atoms with Gasteiger partial charge in [0.15, 0.2) is 0 Å². The Morgan fingerprint density at radius 3 is 2.41 bits per heavy atom. The third-order valence-electron chi connectivity index (χ3n) is 4.24. The predicted molar refractivity (Wildman–Crippen MR) is 82.0 cm³/mol. The summed E-state index contributed by atoms with van der Waals surface area (Å²) in [6.45, 7) is 5.56. The van der Waals surface area contributed by atoms with Crippen LogP contribution in [0, 0.1) is 34.0 Å². The SMILES string of the molecule is CC(C)(C)[C@@](O)(C#Cc1cccc(C(=O)O)c1)C1(C#N)CC1. The van der Waals surface area contributed by atoms with Gasteiger partial charge in [0.1, 0.15) is 5.60 Å². The first-order valence-corrected chi connectivity index (χ1v) is 7.15. The highest BCUT2D eigenvalue weighted by molar-refractivity contribution is 5.88. The van der Waals surface area contributed by atoms with Gasteiger partial charge < -0.3 is 10.2 Å². The fraction of sp³-hybridized carbons (Fsp3) is 0.444. The van der Waals surface area contributed by atoms with Crippen LogP contribution in [0.1, 0.15) is 49.5 Å². The molecule has 1 aliphatic carbocycles. The molecule has 1 aromatic carbocycles. The van der Waals surface area contributed by atoms with Gasteiger partial charge in [0, 0.05) is 11.0 Å². The molecule has 0 bridgehead atoms. The number of carboxylic acids is 1. The fourth-order valence-corrected chi connectivity index (χ4v) is 2.60. The van der Waals surface area contributed by atoms with Crippen LogP contribution in [0.4, 0.5) is 0 Å². The second kappa shape index (κ2) is 5.16. The summed E-state index contributed by atoms with van der Waals surface area (Å²) in [5.74, 6) is 4.69. The predicted octanol–water partition coefficient (Wildman–Crippen LogP) is 2.82. The van der Waals surface area contributed by atoms with Crippen molar-refractivity contribution in [2.75, 3.05) is 0 Å². The third kappa shape index (κ3) is 2.58. The Balaban J connectivity index is 2.45. The molecule has 114 valence electrons. The van der Waals surface area contributed by atoms with Crippen LogP contribution < -0.4 is 0 Å². The van der Waals surface area contributed by atoms with Crippen LogP contribution in [0.3, 0.4) is 0 Å². The summed E-state index contributed by atoms with van der Waals surface area (Å²) in [4.78, 5) is 11.0. The van der Waals surface area contributed by atoms with Crippen LogP contribution in [0.25, 0.3) is 0 Å². The number of hydrogen-bond donors (Lipinski definition) is 2. The number of benzene rings is 1. The van der Waals surface area contributed by atoms with Crippen molar-refractivity contribution in [3.8, 4) is 17.9 Å². The maximum atomic E-state index is 11.1. The van der Waals surface area contributed by atoms with Gasteiger partial charge in [-0.2, -0.15) is 5.26 Å². The Kier molecular flexibility index (Phi) is 3.77. The third-order valence-corrected chi connectivity index (χ3v) is 4.24. The van der Waals surface area contributed by atoms with Crippen LogP contribution in [0.15, 0.2) is 24.3 Å². The molecule has 0 aliphatic heterocycles. The second-order valence-corrected chi connectivity index (χ2v) is 6.79. The number of carboxylic acid groups (broad SMARTS) is 1. The van der Waals surface area contributed by atoms with Crippen molar-refractivity contribution in [1.29, 1.82) is 5.26 Å². The molecular weight excluding hydrogens is 278 g/mol. The number of rotatable bonds is 2. The molecule has 0 heterocycles. The Hall–Kier alpha value is -2.30. The summed E-state index contributed by atoms with van der Waals surface area (Å²) in [5, 5.41) is 29.5. The zero-order chi connectivity index (χ0) is 16.6. The summed E-state index contributed by atoms with van der Waals surface area (Å²) in [6, 6.07) is 8.47. The largest absolute Gasteiger partial charge is 0.478 e. The quantitative estimate of drug-likeness (QED) is 0.822. The Bertz CT molecular complexity index is 708. The number of hydrogen-bond acceptors (Lipinski definition) is 3. The van der Waals surface area contributed by atoms with E-state index in [1.165, 1.54) is 12.1 Å². The van der Waals surface area contributed by atoms with E-state index in [0.29, 0.717) is 18.4 Å². The van der Waals surface area contributed by atoms with E-state index in [9.17, 15) is 15.2 Å². The molecule has 1 atom stereocenters. The Morgan fingerprint density at radius 2 is 1.95 bits per heavy atom. The molecular formula is C18H19NO3. The maximum absolute atomic E-state index is 11.1. The van der Waals surface area contributed by atoms with Gasteiger partial charge >= 0.3 is 5.97 Å². The zero-order valence-corrected chi connectivity index (χ0v) is 13.0. The van der Waals surface area contributed by atoms with Crippen LogP contribution in [0.2, 0.25) is 0 Å². The van der Waals surface area contributed by atoms with Gasteiger partial charge in [0.05, 0.1) is 17.0 Å². The van der Waals surface area contributed by atoms with E-state index < -0.39 is 22.4 Å². The molecule has 2 N–H and O–H groups in total. The lowest BCUT2D eigenvalue weighted by Gasteiger charge is -2.39. The van der Waals surface area contributed by atoms with E-state index in [1.807, 2.05) is 20.8 Å². The molecule has 0 unspecified atom stereocenters. The number of aromatic carboxylic acids is 1. The van der Waals surface area contributed by atoms with Crippen LogP contribution in [-0.2, 0) is 0 Å². The van der Waals surface area contributed by atoms with E-state index >= 15 is 0 Å². The molecule has 0 aromatic heterocycles. The monoisotopic (exact) mass is 297 g/mol. The van der Waals surface area contributed by atoms with Crippen molar-refractivity contribution in [3.63, 3.8) is 0 Å². The first-order chi connectivity index (χ1) is 10.2. The van der Waals surface area contributed by atoms with Gasteiger partial charge in [-0.05, 0) is 31.0 Å². The lowest BCUT2D eigenvalue weighted by molar-refractivity contribution is -0.0470. The number of nitriles is 1. The highest BCUT2D eigenvalue weighted by Crippen LogP contribution is 2.59. The van der Waals surface area contributed by atoms with E-state index in [1.54, 1.807) is 12.1 Å². The minimum atomic E-state index is -1.44. The smallest absolute Gasteiger partial charge is 0.335 e. The second-order valence-electron chi connectivity index (χ2n) is 6.79. The molecule has 4 heteroatoms. The maximum Gasteiger partial charge on any atom is 0.335 e. The van der Waals surface area contributed by atoms with E-state index in [2.05, 4.69) is 17.9 Å². The van der Waals surface area contributed by atoms with Crippen molar-refractivity contribution in [3.05, 3.63) is 35.4 Å². The molecule has 0 amide bonds. The van der Waals surface area contributed by atoms with Gasteiger partial charge in [0.2, 0.25) is 0 Å². The van der Waals surface area contributed by atoms with Crippen LogP contribution in [-0.4, -0.2) is 21.8 Å². The normalized spacial score (nSPS) is 18.3. The minimum absolute atomic E-state index is 0.146. The summed E-state index contributed by atoms with van der Waals surface area (Å²) in [5.41, 5.74) is -2.20. The average Bonchev–Trinajstić information content (AvgIpc) is 3.25. The molecule has 0 saturated heterocycles. The average molecular weight is 297 g/mol. The van der Waals surface area contributed by atoms with E-state index in [4.69, 9.17) is 5.11 Å².